The Morgan fingerprint density at radius 1 is 1.11 bits per heavy atom. The summed E-state index contributed by atoms with van der Waals surface area (Å²) in [6, 6.07) is 0. The molecule has 1 rings (SSSR count). The molecule has 0 bridgehead atoms. The van der Waals surface area contributed by atoms with Gasteiger partial charge in [-0.3, -0.25) is 4.79 Å². The molecule has 0 aromatic heterocycles. The van der Waals surface area contributed by atoms with E-state index < -0.39 is 0 Å². The number of carbonyl (C=O) groups is 1. The van der Waals surface area contributed by atoms with Gasteiger partial charge in [0.2, 0.25) is 0 Å². The number of carbonyl (C=O) groups excluding carboxylic acids is 1. The zero-order valence-electron chi connectivity index (χ0n) is 11.9. The van der Waals surface area contributed by atoms with Crippen LogP contribution >= 0.6 is 0 Å². The van der Waals surface area contributed by atoms with Gasteiger partial charge in [-0.05, 0) is 19.3 Å². The molecular formula is C15H29NO2. The van der Waals surface area contributed by atoms with E-state index in [1.807, 2.05) is 0 Å². The molecule has 106 valence electrons. The van der Waals surface area contributed by atoms with Gasteiger partial charge >= 0.3 is 5.97 Å². The lowest BCUT2D eigenvalue weighted by molar-refractivity contribution is -0.145. The van der Waals surface area contributed by atoms with Crippen molar-refractivity contribution in [3.63, 3.8) is 0 Å². The molecule has 0 amide bonds. The fraction of sp³-hybridized carbons (Fsp3) is 0.933. The third kappa shape index (κ3) is 6.39. The first kappa shape index (κ1) is 15.5. The lowest BCUT2D eigenvalue weighted by atomic mass is 9.80. The van der Waals surface area contributed by atoms with Crippen molar-refractivity contribution in [1.82, 2.24) is 0 Å². The molecule has 0 spiro atoms. The number of ether oxygens (including phenoxy) is 1. The van der Waals surface area contributed by atoms with Crippen LogP contribution in [0.25, 0.3) is 0 Å². The number of nitrogens with two attached hydrogens (primary N) is 1. The van der Waals surface area contributed by atoms with Crippen LogP contribution in [0.3, 0.4) is 0 Å². The van der Waals surface area contributed by atoms with E-state index in [-0.39, 0.29) is 11.5 Å². The molecule has 0 aromatic carbocycles. The smallest absolute Gasteiger partial charge is 0.307 e. The lowest BCUT2D eigenvalue weighted by Gasteiger charge is -2.32. The Labute approximate surface area is 111 Å². The Morgan fingerprint density at radius 3 is 2.44 bits per heavy atom. The predicted molar refractivity (Wildman–Crippen MR) is 74.3 cm³/mol. The van der Waals surface area contributed by atoms with Gasteiger partial charge in [-0.2, -0.15) is 0 Å². The van der Waals surface area contributed by atoms with Gasteiger partial charge in [-0.15, -0.1) is 0 Å². The van der Waals surface area contributed by atoms with Gasteiger partial charge in [0.25, 0.3) is 0 Å². The number of hydrogen-bond acceptors (Lipinski definition) is 3. The Hall–Kier alpha value is -0.570. The van der Waals surface area contributed by atoms with Crippen LogP contribution in [-0.2, 0) is 9.53 Å². The maximum Gasteiger partial charge on any atom is 0.307 e. The molecule has 1 aliphatic rings. The van der Waals surface area contributed by atoms with Gasteiger partial charge in [0, 0.05) is 5.54 Å². The van der Waals surface area contributed by atoms with Crippen LogP contribution in [0.15, 0.2) is 0 Å². The predicted octanol–water partition coefficient (Wildman–Crippen LogP) is 3.55. The molecule has 3 heteroatoms. The normalized spacial score (nSPS) is 18.6. The fourth-order valence-corrected chi connectivity index (χ4v) is 2.66. The quantitative estimate of drug-likeness (QED) is 0.533. The standard InChI is InChI=1S/C15H29NO2/c1-2-3-4-5-9-12-18-14(17)13-15(16)10-7-6-8-11-15/h2-13,16H2,1H3. The van der Waals surface area contributed by atoms with Crippen molar-refractivity contribution in [3.8, 4) is 0 Å². The van der Waals surface area contributed by atoms with Crippen molar-refractivity contribution in [2.75, 3.05) is 6.61 Å². The molecule has 0 unspecified atom stereocenters. The van der Waals surface area contributed by atoms with Crippen LogP contribution in [0.2, 0.25) is 0 Å². The van der Waals surface area contributed by atoms with E-state index in [4.69, 9.17) is 10.5 Å². The maximum absolute atomic E-state index is 11.7. The molecular weight excluding hydrogens is 226 g/mol. The van der Waals surface area contributed by atoms with Gasteiger partial charge < -0.3 is 10.5 Å². The largest absolute Gasteiger partial charge is 0.466 e. The molecule has 3 nitrogen and oxygen atoms in total. The summed E-state index contributed by atoms with van der Waals surface area (Å²) in [5.41, 5.74) is 5.95. The van der Waals surface area contributed by atoms with Crippen LogP contribution in [0.5, 0.6) is 0 Å². The van der Waals surface area contributed by atoms with Crippen LogP contribution in [-0.4, -0.2) is 18.1 Å². The van der Waals surface area contributed by atoms with E-state index in [2.05, 4.69) is 6.92 Å². The first-order valence-corrected chi connectivity index (χ1v) is 7.61. The monoisotopic (exact) mass is 255 g/mol. The molecule has 1 fully saturated rings. The minimum Gasteiger partial charge on any atom is -0.466 e. The summed E-state index contributed by atoms with van der Waals surface area (Å²) in [6.07, 6.45) is 11.8. The Bertz CT molecular complexity index is 235. The number of unbranched alkanes of at least 4 members (excludes halogenated alkanes) is 4. The average molecular weight is 255 g/mol. The highest BCUT2D eigenvalue weighted by molar-refractivity contribution is 5.70. The Balaban J connectivity index is 2.06. The van der Waals surface area contributed by atoms with E-state index >= 15 is 0 Å². The topological polar surface area (TPSA) is 52.3 Å². The van der Waals surface area contributed by atoms with Crippen molar-refractivity contribution >= 4 is 5.97 Å². The maximum atomic E-state index is 11.7. The molecule has 0 saturated heterocycles. The first-order chi connectivity index (χ1) is 8.66. The fourth-order valence-electron chi connectivity index (χ4n) is 2.66. The zero-order valence-corrected chi connectivity index (χ0v) is 11.9. The van der Waals surface area contributed by atoms with Crippen molar-refractivity contribution in [1.29, 1.82) is 0 Å². The summed E-state index contributed by atoms with van der Waals surface area (Å²) >= 11 is 0. The lowest BCUT2D eigenvalue weighted by Crippen LogP contribution is -2.43. The summed E-state index contributed by atoms with van der Waals surface area (Å²) in [4.78, 5) is 11.7. The molecule has 0 heterocycles. The Morgan fingerprint density at radius 2 is 1.78 bits per heavy atom. The second-order valence-electron chi connectivity index (χ2n) is 5.73. The molecule has 0 radical (unpaired) electrons. The van der Waals surface area contributed by atoms with E-state index in [1.165, 1.54) is 25.7 Å². The number of esters is 1. The summed E-state index contributed by atoms with van der Waals surface area (Å²) in [5.74, 6) is -0.102. The molecule has 0 aliphatic heterocycles. The molecule has 0 aromatic rings. The third-order valence-electron chi connectivity index (χ3n) is 3.86. The summed E-state index contributed by atoms with van der Waals surface area (Å²) in [5, 5.41) is 0. The van der Waals surface area contributed by atoms with Crippen molar-refractivity contribution < 1.29 is 9.53 Å². The summed E-state index contributed by atoms with van der Waals surface area (Å²) in [7, 11) is 0. The van der Waals surface area contributed by atoms with Gasteiger partial charge in [-0.1, -0.05) is 51.9 Å². The van der Waals surface area contributed by atoms with E-state index in [9.17, 15) is 4.79 Å². The number of rotatable bonds is 8. The highest BCUT2D eigenvalue weighted by Gasteiger charge is 2.30. The minimum absolute atomic E-state index is 0.102. The first-order valence-electron chi connectivity index (χ1n) is 7.61. The Kier molecular flexibility index (Phi) is 7.33. The van der Waals surface area contributed by atoms with E-state index in [1.54, 1.807) is 0 Å². The highest BCUT2D eigenvalue weighted by Crippen LogP contribution is 2.28. The average Bonchev–Trinajstić information content (AvgIpc) is 2.34. The van der Waals surface area contributed by atoms with E-state index in [0.717, 1.165) is 38.5 Å². The minimum atomic E-state index is -0.280. The van der Waals surface area contributed by atoms with Crippen molar-refractivity contribution in [2.45, 2.75) is 83.1 Å². The van der Waals surface area contributed by atoms with Crippen LogP contribution in [0.1, 0.15) is 77.6 Å². The molecule has 1 saturated carbocycles. The second kappa shape index (κ2) is 8.52. The van der Waals surface area contributed by atoms with Crippen molar-refractivity contribution in [2.24, 2.45) is 5.73 Å². The van der Waals surface area contributed by atoms with Gasteiger partial charge in [0.1, 0.15) is 0 Å². The summed E-state index contributed by atoms with van der Waals surface area (Å²) < 4.78 is 5.27. The van der Waals surface area contributed by atoms with Crippen LogP contribution in [0.4, 0.5) is 0 Å². The van der Waals surface area contributed by atoms with Gasteiger partial charge in [0.05, 0.1) is 13.0 Å². The van der Waals surface area contributed by atoms with Gasteiger partial charge in [0.15, 0.2) is 0 Å². The highest BCUT2D eigenvalue weighted by atomic mass is 16.5. The second-order valence-corrected chi connectivity index (χ2v) is 5.73. The number of hydrogen-bond donors (Lipinski definition) is 1. The molecule has 0 atom stereocenters. The SMILES string of the molecule is CCCCCCCOC(=O)CC1(N)CCCCC1. The van der Waals surface area contributed by atoms with Crippen LogP contribution in [0, 0.1) is 0 Å². The van der Waals surface area contributed by atoms with Crippen molar-refractivity contribution in [3.05, 3.63) is 0 Å². The summed E-state index contributed by atoms with van der Waals surface area (Å²) in [6.45, 7) is 2.77. The van der Waals surface area contributed by atoms with Gasteiger partial charge in [-0.25, -0.2) is 0 Å². The van der Waals surface area contributed by atoms with Crippen LogP contribution < -0.4 is 5.73 Å². The van der Waals surface area contributed by atoms with E-state index in [0.29, 0.717) is 13.0 Å². The zero-order chi connectivity index (χ0) is 13.3. The molecule has 2 N–H and O–H groups in total. The molecule has 1 aliphatic carbocycles. The molecule has 18 heavy (non-hydrogen) atoms. The third-order valence-corrected chi connectivity index (χ3v) is 3.86.